The molecule has 0 aromatic heterocycles. The number of hydrogen-bond acceptors (Lipinski definition) is 3. The van der Waals surface area contributed by atoms with E-state index in [0.717, 1.165) is 25.9 Å². The van der Waals surface area contributed by atoms with Gasteiger partial charge in [-0.1, -0.05) is 19.3 Å². The first-order valence-electron chi connectivity index (χ1n) is 6.53. The van der Waals surface area contributed by atoms with Gasteiger partial charge in [-0.25, -0.2) is 0 Å². The summed E-state index contributed by atoms with van der Waals surface area (Å²) < 4.78 is 5.51. The average molecular weight is 242 g/mol. The Hall–Kier alpha value is -0.0200. The maximum atomic E-state index is 12.0. The van der Waals surface area contributed by atoms with E-state index in [-0.39, 0.29) is 0 Å². The second kappa shape index (κ2) is 6.06. The van der Waals surface area contributed by atoms with Crippen LogP contribution in [0.25, 0.3) is 0 Å². The minimum Gasteiger partial charge on any atom is -0.377 e. The zero-order valence-corrected chi connectivity index (χ0v) is 10.9. The number of ether oxygens (including phenoxy) is 1. The van der Waals surface area contributed by atoms with E-state index in [1.54, 1.807) is 0 Å². The van der Waals surface area contributed by atoms with Gasteiger partial charge in [0.15, 0.2) is 0 Å². The van der Waals surface area contributed by atoms with Crippen LogP contribution in [0.3, 0.4) is 0 Å². The van der Waals surface area contributed by atoms with Crippen LogP contribution in [0.15, 0.2) is 0 Å². The third-order valence-electron chi connectivity index (χ3n) is 3.81. The predicted octanol–water partition coefficient (Wildman–Crippen LogP) is 3.05. The van der Waals surface area contributed by atoms with Crippen molar-refractivity contribution in [1.82, 2.24) is 0 Å². The molecule has 2 nitrogen and oxygen atoms in total. The molecule has 0 radical (unpaired) electrons. The van der Waals surface area contributed by atoms with Crippen molar-refractivity contribution >= 4 is 17.5 Å². The van der Waals surface area contributed by atoms with Crippen molar-refractivity contribution in [2.24, 2.45) is 5.92 Å². The number of rotatable bonds is 4. The number of Topliss-reactive ketones (excluding diaryl/α,β-unsaturated/α-hetero) is 1. The summed E-state index contributed by atoms with van der Waals surface area (Å²) >= 11 is 1.82. The third-order valence-corrected chi connectivity index (χ3v) is 5.31. The van der Waals surface area contributed by atoms with Crippen LogP contribution < -0.4 is 0 Å². The highest BCUT2D eigenvalue weighted by atomic mass is 32.2. The fourth-order valence-electron chi connectivity index (χ4n) is 2.66. The Morgan fingerprint density at radius 3 is 2.62 bits per heavy atom. The third kappa shape index (κ3) is 3.24. The van der Waals surface area contributed by atoms with Crippen molar-refractivity contribution in [1.29, 1.82) is 0 Å². The molecule has 16 heavy (non-hydrogen) atoms. The van der Waals surface area contributed by atoms with Crippen molar-refractivity contribution in [3.8, 4) is 0 Å². The van der Waals surface area contributed by atoms with E-state index in [1.807, 2.05) is 11.8 Å². The first kappa shape index (κ1) is 12.4. The van der Waals surface area contributed by atoms with Crippen molar-refractivity contribution in [3.05, 3.63) is 0 Å². The van der Waals surface area contributed by atoms with Crippen LogP contribution in [-0.2, 0) is 9.53 Å². The molecule has 0 N–H and O–H groups in total. The molecule has 1 saturated heterocycles. The summed E-state index contributed by atoms with van der Waals surface area (Å²) in [6.07, 6.45) is 7.55. The summed E-state index contributed by atoms with van der Waals surface area (Å²) in [5.74, 6) is 1.57. The smallest absolute Gasteiger partial charge is 0.145 e. The van der Waals surface area contributed by atoms with Crippen LogP contribution in [0, 0.1) is 5.92 Å². The van der Waals surface area contributed by atoms with Crippen LogP contribution in [-0.4, -0.2) is 29.5 Å². The summed E-state index contributed by atoms with van der Waals surface area (Å²) in [5.41, 5.74) is 0. The zero-order chi connectivity index (χ0) is 11.4. The normalized spacial score (nSPS) is 31.8. The van der Waals surface area contributed by atoms with Crippen molar-refractivity contribution in [3.63, 3.8) is 0 Å². The molecule has 0 amide bonds. The molecule has 0 spiro atoms. The van der Waals surface area contributed by atoms with Crippen molar-refractivity contribution in [2.75, 3.05) is 12.4 Å². The average Bonchev–Trinajstić information content (AvgIpc) is 2.73. The quantitative estimate of drug-likeness (QED) is 0.758. The first-order valence-corrected chi connectivity index (χ1v) is 7.58. The highest BCUT2D eigenvalue weighted by Gasteiger charge is 2.27. The van der Waals surface area contributed by atoms with E-state index in [9.17, 15) is 4.79 Å². The van der Waals surface area contributed by atoms with Crippen LogP contribution in [0.5, 0.6) is 0 Å². The predicted molar refractivity (Wildman–Crippen MR) is 67.9 cm³/mol. The summed E-state index contributed by atoms with van der Waals surface area (Å²) in [4.78, 5) is 12.0. The van der Waals surface area contributed by atoms with Gasteiger partial charge in [0.05, 0.1) is 11.9 Å². The molecule has 1 aliphatic heterocycles. The molecule has 2 aliphatic rings. The molecule has 1 heterocycles. The fourth-order valence-corrected chi connectivity index (χ4v) is 3.89. The number of ketones is 1. The van der Waals surface area contributed by atoms with E-state index in [0.29, 0.717) is 28.8 Å². The lowest BCUT2D eigenvalue weighted by Crippen LogP contribution is -2.22. The molecule has 1 saturated carbocycles. The largest absolute Gasteiger partial charge is 0.377 e. The summed E-state index contributed by atoms with van der Waals surface area (Å²) in [6, 6.07) is 0. The van der Waals surface area contributed by atoms with Gasteiger partial charge in [-0.3, -0.25) is 4.79 Å². The number of hydrogen-bond donors (Lipinski definition) is 0. The zero-order valence-electron chi connectivity index (χ0n) is 10.1. The maximum absolute atomic E-state index is 12.0. The number of carbonyl (C=O) groups is 1. The highest BCUT2D eigenvalue weighted by molar-refractivity contribution is 8.00. The maximum Gasteiger partial charge on any atom is 0.145 e. The minimum atomic E-state index is 0.337. The Morgan fingerprint density at radius 2 is 2.00 bits per heavy atom. The van der Waals surface area contributed by atoms with Crippen LogP contribution in [0.4, 0.5) is 0 Å². The molecule has 0 aromatic rings. The SMILES string of the molecule is CC1OCCC1SCC(=O)C1CCCCC1. The van der Waals surface area contributed by atoms with E-state index < -0.39 is 0 Å². The van der Waals surface area contributed by atoms with Crippen LogP contribution >= 0.6 is 11.8 Å². The standard InChI is InChI=1S/C13H22O2S/c1-10-13(7-8-15-10)16-9-12(14)11-5-3-2-4-6-11/h10-11,13H,2-9H2,1H3. The molecule has 0 bridgehead atoms. The lowest BCUT2D eigenvalue weighted by Gasteiger charge is -2.21. The van der Waals surface area contributed by atoms with Crippen molar-refractivity contribution < 1.29 is 9.53 Å². The summed E-state index contributed by atoms with van der Waals surface area (Å²) in [5, 5.41) is 0.549. The lowest BCUT2D eigenvalue weighted by molar-refractivity contribution is -0.121. The van der Waals surface area contributed by atoms with Crippen molar-refractivity contribution in [2.45, 2.75) is 56.8 Å². The second-order valence-electron chi connectivity index (χ2n) is 5.02. The second-order valence-corrected chi connectivity index (χ2v) is 6.24. The summed E-state index contributed by atoms with van der Waals surface area (Å²) in [7, 11) is 0. The van der Waals surface area contributed by atoms with Gasteiger partial charge in [-0.2, -0.15) is 0 Å². The monoisotopic (exact) mass is 242 g/mol. The van der Waals surface area contributed by atoms with Crippen LogP contribution in [0.1, 0.15) is 45.4 Å². The molecule has 92 valence electrons. The van der Waals surface area contributed by atoms with Gasteiger partial charge in [0.25, 0.3) is 0 Å². The van der Waals surface area contributed by atoms with E-state index >= 15 is 0 Å². The Kier molecular flexibility index (Phi) is 4.71. The van der Waals surface area contributed by atoms with Gasteiger partial charge in [-0.15, -0.1) is 11.8 Å². The molecule has 0 aromatic carbocycles. The minimum absolute atomic E-state index is 0.337. The number of carbonyl (C=O) groups excluding carboxylic acids is 1. The molecule has 2 fully saturated rings. The highest BCUT2D eigenvalue weighted by Crippen LogP contribution is 2.29. The van der Waals surface area contributed by atoms with Gasteiger partial charge < -0.3 is 4.74 Å². The first-order chi connectivity index (χ1) is 7.77. The molecular formula is C13H22O2S. The topological polar surface area (TPSA) is 26.3 Å². The molecular weight excluding hydrogens is 220 g/mol. The van der Waals surface area contributed by atoms with Gasteiger partial charge in [-0.05, 0) is 26.2 Å². The van der Waals surface area contributed by atoms with Gasteiger partial charge in [0.2, 0.25) is 0 Å². The summed E-state index contributed by atoms with van der Waals surface area (Å²) in [6.45, 7) is 2.99. The van der Waals surface area contributed by atoms with Crippen LogP contribution in [0.2, 0.25) is 0 Å². The Morgan fingerprint density at radius 1 is 1.25 bits per heavy atom. The van der Waals surface area contributed by atoms with Gasteiger partial charge >= 0.3 is 0 Å². The molecule has 3 heteroatoms. The van der Waals surface area contributed by atoms with E-state index in [2.05, 4.69) is 6.92 Å². The number of thioether (sulfide) groups is 1. The Balaban J connectivity index is 1.70. The Bertz CT molecular complexity index is 236. The van der Waals surface area contributed by atoms with E-state index in [4.69, 9.17) is 4.74 Å². The van der Waals surface area contributed by atoms with Gasteiger partial charge in [0.1, 0.15) is 5.78 Å². The molecule has 2 atom stereocenters. The lowest BCUT2D eigenvalue weighted by atomic mass is 9.87. The Labute approximate surface area is 103 Å². The molecule has 2 unspecified atom stereocenters. The van der Waals surface area contributed by atoms with E-state index in [1.165, 1.54) is 19.3 Å². The molecule has 1 aliphatic carbocycles. The molecule has 2 rings (SSSR count). The van der Waals surface area contributed by atoms with Gasteiger partial charge in [0, 0.05) is 17.8 Å². The fraction of sp³-hybridized carbons (Fsp3) is 0.923.